The molecule has 0 aliphatic heterocycles. The lowest BCUT2D eigenvalue weighted by Crippen LogP contribution is -2.07. The van der Waals surface area contributed by atoms with E-state index in [1.807, 2.05) is 31.3 Å². The van der Waals surface area contributed by atoms with Gasteiger partial charge >= 0.3 is 0 Å². The maximum absolute atomic E-state index is 13.6. The lowest BCUT2D eigenvalue weighted by Gasteiger charge is -2.00. The van der Waals surface area contributed by atoms with Crippen molar-refractivity contribution in [2.24, 2.45) is 7.05 Å². The molecule has 3 rings (SSSR count). The fourth-order valence-corrected chi connectivity index (χ4v) is 2.27. The first kappa shape index (κ1) is 12.5. The summed E-state index contributed by atoms with van der Waals surface area (Å²) in [5.74, 6) is -0.897. The molecule has 0 spiro atoms. The number of Topliss-reactive ketones (excluding diaryl/α,β-unsaturated/α-hetero) is 1. The van der Waals surface area contributed by atoms with Crippen LogP contribution in [0.15, 0.2) is 42.7 Å². The lowest BCUT2D eigenvalue weighted by atomic mass is 10.1. The third kappa shape index (κ3) is 2.07. The molecule has 0 aliphatic rings. The molecule has 0 N–H and O–H groups in total. The summed E-state index contributed by atoms with van der Waals surface area (Å²) < 4.78 is 15.3. The first-order valence-electron chi connectivity index (χ1n) is 6.20. The normalized spacial score (nSPS) is 10.9. The summed E-state index contributed by atoms with van der Waals surface area (Å²) in [6.07, 6.45) is 2.53. The SMILES string of the molecule is Cn1nc(CC(=O)c2ccncc2F)c2ccccc21. The molecule has 0 saturated carbocycles. The molecule has 20 heavy (non-hydrogen) atoms. The fourth-order valence-electron chi connectivity index (χ4n) is 2.27. The monoisotopic (exact) mass is 269 g/mol. The van der Waals surface area contributed by atoms with Crippen molar-refractivity contribution < 1.29 is 9.18 Å². The highest BCUT2D eigenvalue weighted by Crippen LogP contribution is 2.19. The van der Waals surface area contributed by atoms with Crippen LogP contribution in [0, 0.1) is 5.82 Å². The van der Waals surface area contributed by atoms with Crippen molar-refractivity contribution in [3.05, 3.63) is 59.8 Å². The molecule has 100 valence electrons. The minimum Gasteiger partial charge on any atom is -0.294 e. The molecule has 5 heteroatoms. The average Bonchev–Trinajstić information content (AvgIpc) is 2.76. The van der Waals surface area contributed by atoms with Gasteiger partial charge in [-0.15, -0.1) is 0 Å². The predicted molar refractivity (Wildman–Crippen MR) is 72.9 cm³/mol. The summed E-state index contributed by atoms with van der Waals surface area (Å²) in [5.41, 5.74) is 1.66. The van der Waals surface area contributed by atoms with Crippen LogP contribution in [-0.2, 0) is 13.5 Å². The van der Waals surface area contributed by atoms with Crippen molar-refractivity contribution in [2.75, 3.05) is 0 Å². The zero-order valence-corrected chi connectivity index (χ0v) is 10.9. The van der Waals surface area contributed by atoms with Gasteiger partial charge in [0, 0.05) is 18.6 Å². The van der Waals surface area contributed by atoms with Gasteiger partial charge in [-0.25, -0.2) is 4.39 Å². The number of benzene rings is 1. The predicted octanol–water partition coefficient (Wildman–Crippen LogP) is 2.53. The largest absolute Gasteiger partial charge is 0.294 e. The van der Waals surface area contributed by atoms with Gasteiger partial charge in [-0.2, -0.15) is 5.10 Å². The highest BCUT2D eigenvalue weighted by Gasteiger charge is 2.16. The van der Waals surface area contributed by atoms with Crippen LogP contribution in [0.1, 0.15) is 16.1 Å². The van der Waals surface area contributed by atoms with Crippen LogP contribution in [0.4, 0.5) is 4.39 Å². The van der Waals surface area contributed by atoms with Gasteiger partial charge in [-0.3, -0.25) is 14.5 Å². The molecule has 4 nitrogen and oxygen atoms in total. The average molecular weight is 269 g/mol. The minimum atomic E-state index is -0.599. The molecule has 2 heterocycles. The quantitative estimate of drug-likeness (QED) is 0.686. The van der Waals surface area contributed by atoms with E-state index in [2.05, 4.69) is 10.1 Å². The summed E-state index contributed by atoms with van der Waals surface area (Å²) in [5, 5.41) is 5.26. The molecule has 0 amide bonds. The van der Waals surface area contributed by atoms with E-state index < -0.39 is 5.82 Å². The number of aryl methyl sites for hydroxylation is 1. The molecule has 0 saturated heterocycles. The van der Waals surface area contributed by atoms with E-state index in [9.17, 15) is 9.18 Å². The van der Waals surface area contributed by atoms with Crippen LogP contribution in [-0.4, -0.2) is 20.5 Å². The number of nitrogens with zero attached hydrogens (tertiary/aromatic N) is 3. The third-order valence-electron chi connectivity index (χ3n) is 3.24. The van der Waals surface area contributed by atoms with E-state index in [4.69, 9.17) is 0 Å². The summed E-state index contributed by atoms with van der Waals surface area (Å²) >= 11 is 0. The number of aromatic nitrogens is 3. The van der Waals surface area contributed by atoms with Crippen LogP contribution in [0.3, 0.4) is 0 Å². The fraction of sp³-hybridized carbons (Fsp3) is 0.133. The molecule has 0 unspecified atom stereocenters. The van der Waals surface area contributed by atoms with Gasteiger partial charge in [0.2, 0.25) is 0 Å². The van der Waals surface area contributed by atoms with Gasteiger partial charge in [0.1, 0.15) is 0 Å². The Kier molecular flexibility index (Phi) is 3.02. The number of rotatable bonds is 3. The van der Waals surface area contributed by atoms with Gasteiger partial charge in [0.05, 0.1) is 29.4 Å². The number of hydrogen-bond acceptors (Lipinski definition) is 3. The van der Waals surface area contributed by atoms with E-state index in [0.29, 0.717) is 5.69 Å². The number of ketones is 1. The van der Waals surface area contributed by atoms with E-state index in [1.54, 1.807) is 4.68 Å². The highest BCUT2D eigenvalue weighted by molar-refractivity contribution is 5.99. The minimum absolute atomic E-state index is 0.0507. The van der Waals surface area contributed by atoms with E-state index in [1.165, 1.54) is 12.3 Å². The number of carbonyl (C=O) groups is 1. The molecule has 3 aromatic rings. The van der Waals surface area contributed by atoms with Crippen molar-refractivity contribution in [3.8, 4) is 0 Å². The Morgan fingerprint density at radius 2 is 2.10 bits per heavy atom. The maximum atomic E-state index is 13.6. The van der Waals surface area contributed by atoms with Crippen LogP contribution in [0.5, 0.6) is 0 Å². The number of para-hydroxylation sites is 1. The van der Waals surface area contributed by atoms with Crippen LogP contribution in [0.25, 0.3) is 10.9 Å². The van der Waals surface area contributed by atoms with Gasteiger partial charge < -0.3 is 0 Å². The Balaban J connectivity index is 1.98. The van der Waals surface area contributed by atoms with E-state index >= 15 is 0 Å². The highest BCUT2D eigenvalue weighted by atomic mass is 19.1. The molecule has 0 fully saturated rings. The van der Waals surface area contributed by atoms with E-state index in [-0.39, 0.29) is 17.8 Å². The Hall–Kier alpha value is -2.56. The first-order valence-corrected chi connectivity index (χ1v) is 6.20. The second-order valence-corrected chi connectivity index (χ2v) is 4.54. The van der Waals surface area contributed by atoms with Gasteiger partial charge in [0.15, 0.2) is 11.6 Å². The smallest absolute Gasteiger partial charge is 0.171 e. The number of pyridine rings is 1. The third-order valence-corrected chi connectivity index (χ3v) is 3.24. The van der Waals surface area contributed by atoms with Crippen molar-refractivity contribution in [1.29, 1.82) is 0 Å². The molecular weight excluding hydrogens is 257 g/mol. The summed E-state index contributed by atoms with van der Waals surface area (Å²) in [6.45, 7) is 0. The van der Waals surface area contributed by atoms with Crippen LogP contribution >= 0.6 is 0 Å². The standard InChI is InChI=1S/C15H12FN3O/c1-19-14-5-3-2-4-11(14)13(18-19)8-15(20)10-6-7-17-9-12(10)16/h2-7,9H,8H2,1H3. The second-order valence-electron chi connectivity index (χ2n) is 4.54. The molecule has 0 radical (unpaired) electrons. The van der Waals surface area contributed by atoms with Crippen molar-refractivity contribution in [1.82, 2.24) is 14.8 Å². The van der Waals surface area contributed by atoms with Crippen LogP contribution in [0.2, 0.25) is 0 Å². The number of hydrogen-bond donors (Lipinski definition) is 0. The Morgan fingerprint density at radius 1 is 1.30 bits per heavy atom. The van der Waals surface area contributed by atoms with Gasteiger partial charge in [-0.05, 0) is 12.1 Å². The summed E-state index contributed by atoms with van der Waals surface area (Å²) in [4.78, 5) is 15.8. The van der Waals surface area contributed by atoms with Gasteiger partial charge in [0.25, 0.3) is 0 Å². The second kappa shape index (κ2) is 4.85. The number of fused-ring (bicyclic) bond motifs is 1. The molecule has 0 atom stereocenters. The zero-order chi connectivity index (χ0) is 14.1. The lowest BCUT2D eigenvalue weighted by molar-refractivity contribution is 0.0988. The zero-order valence-electron chi connectivity index (χ0n) is 10.9. The molecule has 0 aliphatic carbocycles. The van der Waals surface area contributed by atoms with Crippen LogP contribution < -0.4 is 0 Å². The van der Waals surface area contributed by atoms with Crippen molar-refractivity contribution in [2.45, 2.75) is 6.42 Å². The first-order chi connectivity index (χ1) is 9.66. The summed E-state index contributed by atoms with van der Waals surface area (Å²) in [7, 11) is 1.82. The Labute approximate surface area is 114 Å². The van der Waals surface area contributed by atoms with Crippen molar-refractivity contribution >= 4 is 16.7 Å². The molecule has 0 bridgehead atoms. The number of carbonyl (C=O) groups excluding carboxylic acids is 1. The molecule has 2 aromatic heterocycles. The topological polar surface area (TPSA) is 47.8 Å². The maximum Gasteiger partial charge on any atom is 0.171 e. The molecular formula is C15H12FN3O. The van der Waals surface area contributed by atoms with Gasteiger partial charge in [-0.1, -0.05) is 18.2 Å². The Bertz CT molecular complexity index is 795. The Morgan fingerprint density at radius 3 is 2.90 bits per heavy atom. The molecule has 1 aromatic carbocycles. The van der Waals surface area contributed by atoms with Crippen molar-refractivity contribution in [3.63, 3.8) is 0 Å². The summed E-state index contributed by atoms with van der Waals surface area (Å²) in [6, 6.07) is 9.04. The van der Waals surface area contributed by atoms with E-state index in [0.717, 1.165) is 17.1 Å². The number of halogens is 1.